The summed E-state index contributed by atoms with van der Waals surface area (Å²) < 4.78 is 26.1. The average Bonchev–Trinajstić information content (AvgIpc) is 2.47. The minimum Gasteiger partial charge on any atom is -0.359 e. The van der Waals surface area contributed by atoms with Gasteiger partial charge in [0.1, 0.15) is 4.90 Å². The van der Waals surface area contributed by atoms with Crippen molar-refractivity contribution in [3.8, 4) is 0 Å². The Morgan fingerprint density at radius 1 is 1.45 bits per heavy atom. The second-order valence-corrected chi connectivity index (χ2v) is 6.78. The van der Waals surface area contributed by atoms with Crippen molar-refractivity contribution in [3.05, 3.63) is 17.7 Å². The Morgan fingerprint density at radius 3 is 2.70 bits per heavy atom. The monoisotopic (exact) mass is 318 g/mol. The number of amides is 1. The molecule has 0 spiro atoms. The number of aromatic nitrogens is 2. The number of carbonyl (C=O) groups is 1. The van der Waals surface area contributed by atoms with Gasteiger partial charge in [-0.1, -0.05) is 0 Å². The third-order valence-electron chi connectivity index (χ3n) is 3.24. The van der Waals surface area contributed by atoms with E-state index in [1.54, 1.807) is 7.05 Å². The summed E-state index contributed by atoms with van der Waals surface area (Å²) in [5, 5.41) is 2.54. The van der Waals surface area contributed by atoms with E-state index in [2.05, 4.69) is 15.3 Å². The summed E-state index contributed by atoms with van der Waals surface area (Å²) in [6.45, 7) is 0.559. The van der Waals surface area contributed by atoms with Crippen LogP contribution in [0.1, 0.15) is 12.8 Å². The smallest absolute Gasteiger partial charge is 0.246 e. The van der Waals surface area contributed by atoms with Crippen molar-refractivity contribution in [1.82, 2.24) is 19.6 Å². The highest BCUT2D eigenvalue weighted by atomic mass is 35.5. The maximum Gasteiger partial charge on any atom is 0.246 e. The van der Waals surface area contributed by atoms with Gasteiger partial charge in [0.25, 0.3) is 0 Å². The van der Waals surface area contributed by atoms with E-state index in [4.69, 9.17) is 11.6 Å². The molecular formula is C11H15ClN4O3S. The topological polar surface area (TPSA) is 92.3 Å². The van der Waals surface area contributed by atoms with Crippen molar-refractivity contribution in [2.45, 2.75) is 17.7 Å². The molecule has 1 aromatic heterocycles. The van der Waals surface area contributed by atoms with E-state index in [0.29, 0.717) is 19.4 Å². The van der Waals surface area contributed by atoms with Crippen LogP contribution in [0, 0.1) is 5.92 Å². The number of sulfonamides is 1. The summed E-state index contributed by atoms with van der Waals surface area (Å²) in [6, 6.07) is 0. The van der Waals surface area contributed by atoms with E-state index in [1.165, 1.54) is 16.7 Å². The first-order valence-electron chi connectivity index (χ1n) is 6.14. The summed E-state index contributed by atoms with van der Waals surface area (Å²) in [4.78, 5) is 19.0. The quantitative estimate of drug-likeness (QED) is 0.808. The van der Waals surface area contributed by atoms with Crippen LogP contribution in [0.4, 0.5) is 0 Å². The fraction of sp³-hybridized carbons (Fsp3) is 0.545. The zero-order valence-corrected chi connectivity index (χ0v) is 12.5. The second-order valence-electron chi connectivity index (χ2n) is 4.50. The molecule has 0 radical (unpaired) electrons. The molecule has 1 aliphatic heterocycles. The third kappa shape index (κ3) is 3.08. The van der Waals surface area contributed by atoms with Crippen molar-refractivity contribution < 1.29 is 13.2 Å². The lowest BCUT2D eigenvalue weighted by Gasteiger charge is -2.30. The van der Waals surface area contributed by atoms with E-state index < -0.39 is 10.0 Å². The first-order valence-corrected chi connectivity index (χ1v) is 7.96. The number of rotatable bonds is 3. The predicted molar refractivity (Wildman–Crippen MR) is 72.6 cm³/mol. The van der Waals surface area contributed by atoms with E-state index in [1.807, 2.05) is 0 Å². The zero-order valence-electron chi connectivity index (χ0n) is 10.9. The predicted octanol–water partition coefficient (Wildman–Crippen LogP) is 0.277. The van der Waals surface area contributed by atoms with Crippen molar-refractivity contribution in [1.29, 1.82) is 0 Å². The molecule has 110 valence electrons. The zero-order chi connectivity index (χ0) is 14.8. The molecular weight excluding hydrogens is 304 g/mol. The number of hydrogen-bond acceptors (Lipinski definition) is 5. The number of hydrogen-bond donors (Lipinski definition) is 1. The van der Waals surface area contributed by atoms with Gasteiger partial charge in [-0.3, -0.25) is 4.79 Å². The minimum absolute atomic E-state index is 0.00849. The molecule has 1 N–H and O–H groups in total. The highest BCUT2D eigenvalue weighted by Gasteiger charge is 2.33. The van der Waals surface area contributed by atoms with Gasteiger partial charge in [-0.15, -0.1) is 0 Å². The van der Waals surface area contributed by atoms with Gasteiger partial charge in [0.2, 0.25) is 21.2 Å². The average molecular weight is 319 g/mol. The van der Waals surface area contributed by atoms with Gasteiger partial charge in [0.15, 0.2) is 0 Å². The van der Waals surface area contributed by atoms with Crippen LogP contribution in [0.5, 0.6) is 0 Å². The molecule has 0 aliphatic carbocycles. The molecule has 1 unspecified atom stereocenters. The summed E-state index contributed by atoms with van der Waals surface area (Å²) in [5.41, 5.74) is 0. The molecule has 0 bridgehead atoms. The molecule has 1 saturated heterocycles. The van der Waals surface area contributed by atoms with Gasteiger partial charge in [-0.05, 0) is 24.4 Å². The molecule has 0 aromatic carbocycles. The van der Waals surface area contributed by atoms with Crippen LogP contribution < -0.4 is 5.32 Å². The molecule has 1 amide bonds. The van der Waals surface area contributed by atoms with Gasteiger partial charge in [-0.2, -0.15) is 4.31 Å². The fourth-order valence-electron chi connectivity index (χ4n) is 2.16. The Morgan fingerprint density at radius 2 is 2.10 bits per heavy atom. The van der Waals surface area contributed by atoms with E-state index in [-0.39, 0.29) is 28.5 Å². The summed E-state index contributed by atoms with van der Waals surface area (Å²) in [7, 11) is -2.14. The molecule has 1 atom stereocenters. The Bertz CT molecular complexity index is 590. The first-order chi connectivity index (χ1) is 9.45. The lowest BCUT2D eigenvalue weighted by Crippen LogP contribution is -2.44. The SMILES string of the molecule is CNC(=O)C1CCCN(S(=O)(=O)c2cnc(Cl)nc2)C1. The number of piperidine rings is 1. The third-order valence-corrected chi connectivity index (χ3v) is 5.25. The Balaban J connectivity index is 2.21. The van der Waals surface area contributed by atoms with Gasteiger partial charge >= 0.3 is 0 Å². The highest BCUT2D eigenvalue weighted by molar-refractivity contribution is 7.89. The Labute approximate surface area is 122 Å². The van der Waals surface area contributed by atoms with E-state index in [9.17, 15) is 13.2 Å². The molecule has 1 aliphatic rings. The van der Waals surface area contributed by atoms with Gasteiger partial charge in [-0.25, -0.2) is 18.4 Å². The summed E-state index contributed by atoms with van der Waals surface area (Å²) >= 11 is 5.55. The standard InChI is InChI=1S/C11H15ClN4O3S/c1-13-10(17)8-3-2-4-16(7-8)20(18,19)9-5-14-11(12)15-6-9/h5-6,8H,2-4,7H2,1H3,(H,13,17). The van der Waals surface area contributed by atoms with Gasteiger partial charge < -0.3 is 5.32 Å². The van der Waals surface area contributed by atoms with Crippen molar-refractivity contribution in [2.24, 2.45) is 5.92 Å². The summed E-state index contributed by atoms with van der Waals surface area (Å²) in [6.07, 6.45) is 3.68. The van der Waals surface area contributed by atoms with Gasteiger partial charge in [0.05, 0.1) is 18.3 Å². The second kappa shape index (κ2) is 6.02. The number of halogens is 1. The van der Waals surface area contributed by atoms with Crippen LogP contribution in [0.25, 0.3) is 0 Å². The molecule has 1 fully saturated rings. The lowest BCUT2D eigenvalue weighted by atomic mass is 9.99. The molecule has 7 nitrogen and oxygen atoms in total. The number of nitrogens with zero attached hydrogens (tertiary/aromatic N) is 3. The molecule has 1 aromatic rings. The Hall–Kier alpha value is -1.25. The lowest BCUT2D eigenvalue weighted by molar-refractivity contribution is -0.125. The molecule has 0 saturated carbocycles. The molecule has 2 rings (SSSR count). The number of nitrogens with one attached hydrogen (secondary N) is 1. The van der Waals surface area contributed by atoms with Crippen molar-refractivity contribution in [2.75, 3.05) is 20.1 Å². The van der Waals surface area contributed by atoms with Gasteiger partial charge in [0, 0.05) is 20.1 Å². The van der Waals surface area contributed by atoms with Crippen LogP contribution in [0.3, 0.4) is 0 Å². The van der Waals surface area contributed by atoms with Crippen LogP contribution >= 0.6 is 11.6 Å². The highest BCUT2D eigenvalue weighted by Crippen LogP contribution is 2.23. The summed E-state index contributed by atoms with van der Waals surface area (Å²) in [5.74, 6) is -0.464. The first kappa shape index (κ1) is 15.1. The van der Waals surface area contributed by atoms with E-state index >= 15 is 0 Å². The normalized spacial score (nSPS) is 20.6. The van der Waals surface area contributed by atoms with Crippen LogP contribution in [0.2, 0.25) is 5.28 Å². The fourth-order valence-corrected chi connectivity index (χ4v) is 3.67. The minimum atomic E-state index is -3.68. The van der Waals surface area contributed by atoms with Crippen molar-refractivity contribution in [3.63, 3.8) is 0 Å². The molecule has 9 heteroatoms. The van der Waals surface area contributed by atoms with Crippen molar-refractivity contribution >= 4 is 27.5 Å². The maximum atomic E-state index is 12.4. The van der Waals surface area contributed by atoms with Crippen LogP contribution in [0.15, 0.2) is 17.3 Å². The Kier molecular flexibility index (Phi) is 4.56. The molecule has 2 heterocycles. The van der Waals surface area contributed by atoms with Crippen LogP contribution in [-0.4, -0.2) is 48.7 Å². The van der Waals surface area contributed by atoms with Crippen LogP contribution in [-0.2, 0) is 14.8 Å². The largest absolute Gasteiger partial charge is 0.359 e. The number of carbonyl (C=O) groups excluding carboxylic acids is 1. The van der Waals surface area contributed by atoms with E-state index in [0.717, 1.165) is 0 Å². The molecule has 20 heavy (non-hydrogen) atoms. The maximum absolute atomic E-state index is 12.4.